The van der Waals surface area contributed by atoms with E-state index in [2.05, 4.69) is 30.0 Å². The van der Waals surface area contributed by atoms with Gasteiger partial charge in [0, 0.05) is 25.2 Å². The Hall–Kier alpha value is -0.860. The molecule has 0 bridgehead atoms. The van der Waals surface area contributed by atoms with Gasteiger partial charge in [-0.2, -0.15) is 0 Å². The molecule has 0 radical (unpaired) electrons. The molecule has 1 aliphatic carbocycles. The van der Waals surface area contributed by atoms with Crippen LogP contribution >= 0.6 is 0 Å². The fourth-order valence-corrected chi connectivity index (χ4v) is 3.81. The molecule has 0 amide bonds. The summed E-state index contributed by atoms with van der Waals surface area (Å²) in [4.78, 5) is 2.63. The van der Waals surface area contributed by atoms with Gasteiger partial charge >= 0.3 is 0 Å². The van der Waals surface area contributed by atoms with Gasteiger partial charge in [-0.05, 0) is 55.7 Å². The number of benzene rings is 1. The van der Waals surface area contributed by atoms with Gasteiger partial charge in [0.1, 0.15) is 0 Å². The zero-order valence-electron chi connectivity index (χ0n) is 12.1. The van der Waals surface area contributed by atoms with Gasteiger partial charge in [-0.15, -0.1) is 0 Å². The first-order valence-corrected chi connectivity index (χ1v) is 7.84. The van der Waals surface area contributed by atoms with E-state index in [0.717, 1.165) is 13.1 Å². The molecule has 104 valence electrons. The Bertz CT molecular complexity index is 441. The van der Waals surface area contributed by atoms with Gasteiger partial charge in [0.2, 0.25) is 0 Å². The third-order valence-electron chi connectivity index (χ3n) is 4.99. The summed E-state index contributed by atoms with van der Waals surface area (Å²) in [6, 6.07) is 8.38. The van der Waals surface area contributed by atoms with Crippen molar-refractivity contribution in [1.29, 1.82) is 0 Å². The number of rotatable bonds is 3. The molecule has 2 atom stereocenters. The van der Waals surface area contributed by atoms with Crippen LogP contribution in [-0.4, -0.2) is 23.5 Å². The molecular formula is C17H26N2. The molecule has 1 heterocycles. The minimum atomic E-state index is 0.581. The van der Waals surface area contributed by atoms with Gasteiger partial charge in [-0.1, -0.05) is 24.6 Å². The first kappa shape index (κ1) is 13.1. The number of aryl methyl sites for hydroxylation is 2. The molecule has 0 saturated carbocycles. The fourth-order valence-electron chi connectivity index (χ4n) is 3.81. The van der Waals surface area contributed by atoms with Crippen molar-refractivity contribution in [2.24, 2.45) is 5.73 Å². The molecule has 19 heavy (non-hydrogen) atoms. The van der Waals surface area contributed by atoms with E-state index < -0.39 is 0 Å². The maximum atomic E-state index is 5.96. The number of fused-ring (bicyclic) bond motifs is 1. The van der Waals surface area contributed by atoms with E-state index in [-0.39, 0.29) is 0 Å². The molecule has 2 nitrogen and oxygen atoms in total. The smallest absolute Gasteiger partial charge is 0.0240 e. The Morgan fingerprint density at radius 2 is 2.00 bits per heavy atom. The Balaban J connectivity index is 1.75. The van der Waals surface area contributed by atoms with Crippen LogP contribution in [0.15, 0.2) is 18.2 Å². The predicted molar refractivity (Wildman–Crippen MR) is 80.2 cm³/mol. The van der Waals surface area contributed by atoms with Crippen molar-refractivity contribution in [3.8, 4) is 0 Å². The molecule has 3 rings (SSSR count). The average molecular weight is 258 g/mol. The lowest BCUT2D eigenvalue weighted by molar-refractivity contribution is 0.0892. The molecule has 2 unspecified atom stereocenters. The van der Waals surface area contributed by atoms with E-state index in [1.54, 1.807) is 11.1 Å². The highest BCUT2D eigenvalue weighted by atomic mass is 15.2. The van der Waals surface area contributed by atoms with Gasteiger partial charge in [-0.3, -0.25) is 4.90 Å². The molecule has 1 fully saturated rings. The SMILES string of the molecule is CC1CCCC(CN)N1Cc1ccc2c(c1)CCC2. The molecule has 2 aliphatic rings. The van der Waals surface area contributed by atoms with Crippen LogP contribution in [0.4, 0.5) is 0 Å². The van der Waals surface area contributed by atoms with E-state index in [9.17, 15) is 0 Å². The Labute approximate surface area is 117 Å². The van der Waals surface area contributed by atoms with Crippen LogP contribution < -0.4 is 5.73 Å². The summed E-state index contributed by atoms with van der Waals surface area (Å²) >= 11 is 0. The van der Waals surface area contributed by atoms with Crippen LogP contribution in [0.25, 0.3) is 0 Å². The third-order valence-corrected chi connectivity index (χ3v) is 4.99. The van der Waals surface area contributed by atoms with Crippen LogP contribution in [0.2, 0.25) is 0 Å². The first-order valence-electron chi connectivity index (χ1n) is 7.84. The van der Waals surface area contributed by atoms with E-state index >= 15 is 0 Å². The fraction of sp³-hybridized carbons (Fsp3) is 0.647. The Morgan fingerprint density at radius 3 is 2.84 bits per heavy atom. The van der Waals surface area contributed by atoms with Crippen molar-refractivity contribution < 1.29 is 0 Å². The number of hydrogen-bond donors (Lipinski definition) is 1. The second kappa shape index (κ2) is 5.64. The van der Waals surface area contributed by atoms with Gasteiger partial charge in [0.25, 0.3) is 0 Å². The van der Waals surface area contributed by atoms with Crippen LogP contribution in [0, 0.1) is 0 Å². The van der Waals surface area contributed by atoms with Gasteiger partial charge in [0.15, 0.2) is 0 Å². The van der Waals surface area contributed by atoms with Gasteiger partial charge in [-0.25, -0.2) is 0 Å². The van der Waals surface area contributed by atoms with E-state index in [0.29, 0.717) is 12.1 Å². The van der Waals surface area contributed by atoms with Crippen molar-refractivity contribution in [1.82, 2.24) is 4.90 Å². The quantitative estimate of drug-likeness (QED) is 0.903. The zero-order valence-corrected chi connectivity index (χ0v) is 12.1. The summed E-state index contributed by atoms with van der Waals surface area (Å²) in [5, 5.41) is 0. The highest BCUT2D eigenvalue weighted by Gasteiger charge is 2.26. The third kappa shape index (κ3) is 2.70. The maximum absolute atomic E-state index is 5.96. The molecule has 1 aromatic carbocycles. The number of likely N-dealkylation sites (tertiary alicyclic amines) is 1. The highest BCUT2D eigenvalue weighted by molar-refractivity contribution is 5.35. The van der Waals surface area contributed by atoms with Crippen molar-refractivity contribution >= 4 is 0 Å². The Kier molecular flexibility index (Phi) is 3.90. The number of piperidine rings is 1. The lowest BCUT2D eigenvalue weighted by Gasteiger charge is -2.40. The normalized spacial score (nSPS) is 27.5. The summed E-state index contributed by atoms with van der Waals surface area (Å²) in [6.45, 7) is 4.24. The van der Waals surface area contributed by atoms with Crippen molar-refractivity contribution in [2.75, 3.05) is 6.54 Å². The maximum Gasteiger partial charge on any atom is 0.0240 e. The lowest BCUT2D eigenvalue weighted by Crippen LogP contribution is -2.48. The lowest BCUT2D eigenvalue weighted by atomic mass is 9.95. The summed E-state index contributed by atoms with van der Waals surface area (Å²) in [7, 11) is 0. The van der Waals surface area contributed by atoms with E-state index in [1.807, 2.05) is 0 Å². The van der Waals surface area contributed by atoms with E-state index in [1.165, 1.54) is 44.1 Å². The summed E-state index contributed by atoms with van der Waals surface area (Å²) in [5.41, 5.74) is 10.6. The standard InChI is InChI=1S/C17H26N2/c1-13-4-2-7-17(11-18)19(13)12-14-8-9-15-5-3-6-16(15)10-14/h8-10,13,17H,2-7,11-12,18H2,1H3. The second-order valence-electron chi connectivity index (χ2n) is 6.30. The highest BCUT2D eigenvalue weighted by Crippen LogP contribution is 2.27. The summed E-state index contributed by atoms with van der Waals surface area (Å²) < 4.78 is 0. The minimum absolute atomic E-state index is 0.581. The van der Waals surface area contributed by atoms with Crippen molar-refractivity contribution in [3.63, 3.8) is 0 Å². The molecule has 1 saturated heterocycles. The summed E-state index contributed by atoms with van der Waals surface area (Å²) in [6.07, 6.45) is 7.82. The van der Waals surface area contributed by atoms with Crippen LogP contribution in [0.5, 0.6) is 0 Å². The van der Waals surface area contributed by atoms with Crippen molar-refractivity contribution in [2.45, 2.75) is 64.1 Å². The molecular weight excluding hydrogens is 232 g/mol. The molecule has 1 aromatic rings. The zero-order chi connectivity index (χ0) is 13.2. The molecule has 2 heteroatoms. The minimum Gasteiger partial charge on any atom is -0.329 e. The predicted octanol–water partition coefficient (Wildman–Crippen LogP) is 2.88. The van der Waals surface area contributed by atoms with Crippen LogP contribution in [0.1, 0.15) is 49.3 Å². The number of nitrogens with two attached hydrogens (primary N) is 1. The summed E-state index contributed by atoms with van der Waals surface area (Å²) in [5.74, 6) is 0. The van der Waals surface area contributed by atoms with Crippen LogP contribution in [-0.2, 0) is 19.4 Å². The molecule has 1 aliphatic heterocycles. The van der Waals surface area contributed by atoms with Gasteiger partial charge < -0.3 is 5.73 Å². The topological polar surface area (TPSA) is 29.3 Å². The molecule has 2 N–H and O–H groups in total. The molecule has 0 spiro atoms. The second-order valence-corrected chi connectivity index (χ2v) is 6.30. The monoisotopic (exact) mass is 258 g/mol. The largest absolute Gasteiger partial charge is 0.329 e. The number of nitrogens with zero attached hydrogens (tertiary/aromatic N) is 1. The Morgan fingerprint density at radius 1 is 1.16 bits per heavy atom. The van der Waals surface area contributed by atoms with Gasteiger partial charge in [0.05, 0.1) is 0 Å². The number of hydrogen-bond acceptors (Lipinski definition) is 2. The average Bonchev–Trinajstić information content (AvgIpc) is 2.88. The van der Waals surface area contributed by atoms with Crippen LogP contribution in [0.3, 0.4) is 0 Å². The van der Waals surface area contributed by atoms with E-state index in [4.69, 9.17) is 5.73 Å². The molecule has 0 aromatic heterocycles. The van der Waals surface area contributed by atoms with Crippen molar-refractivity contribution in [3.05, 3.63) is 34.9 Å². The first-order chi connectivity index (χ1) is 9.28.